The minimum Gasteiger partial charge on any atom is -0.382 e. The molecular weight excluding hydrogens is 293 g/mol. The zero-order chi connectivity index (χ0) is 15.9. The van der Waals surface area contributed by atoms with Crippen molar-refractivity contribution in [1.82, 2.24) is 19.5 Å². The van der Waals surface area contributed by atoms with Gasteiger partial charge < -0.3 is 19.9 Å². The normalized spacial score (nSPS) is 28.5. The lowest BCUT2D eigenvalue weighted by Gasteiger charge is -2.19. The molecule has 0 amide bonds. The molecule has 2 N–H and O–H groups in total. The summed E-state index contributed by atoms with van der Waals surface area (Å²) in [6, 6.07) is 0. The van der Waals surface area contributed by atoms with Crippen molar-refractivity contribution < 1.29 is 18.6 Å². The first-order valence-electron chi connectivity index (χ1n) is 6.89. The molecule has 1 saturated heterocycles. The predicted octanol–water partition coefficient (Wildman–Crippen LogP) is 0.742. The molecule has 2 aromatic heterocycles. The van der Waals surface area contributed by atoms with E-state index in [0.717, 1.165) is 0 Å². The minimum atomic E-state index is -0.894. The van der Waals surface area contributed by atoms with Crippen LogP contribution in [0.5, 0.6) is 0 Å². The second-order valence-corrected chi connectivity index (χ2v) is 5.28. The van der Waals surface area contributed by atoms with Crippen molar-refractivity contribution in [3.05, 3.63) is 12.4 Å². The topological polar surface area (TPSA) is 97.3 Å². The van der Waals surface area contributed by atoms with Gasteiger partial charge in [0.25, 0.3) is 0 Å². The van der Waals surface area contributed by atoms with E-state index in [9.17, 15) is 4.39 Å². The van der Waals surface area contributed by atoms with E-state index >= 15 is 0 Å². The van der Waals surface area contributed by atoms with Gasteiger partial charge in [0, 0.05) is 20.1 Å². The van der Waals surface area contributed by atoms with Crippen LogP contribution in [0, 0.1) is 12.0 Å². The number of methoxy groups -OCH3 is 2. The van der Waals surface area contributed by atoms with Gasteiger partial charge in [-0.25, -0.2) is 4.98 Å². The number of fused-ring (bicyclic) bond motifs is 1. The van der Waals surface area contributed by atoms with Crippen molar-refractivity contribution in [2.45, 2.75) is 25.4 Å². The van der Waals surface area contributed by atoms with E-state index in [1.807, 2.05) is 6.92 Å². The quantitative estimate of drug-likeness (QED) is 0.832. The first-order chi connectivity index (χ1) is 10.6. The Hall–Kier alpha value is -1.84. The lowest BCUT2D eigenvalue weighted by Crippen LogP contribution is -2.31. The molecule has 9 heteroatoms. The number of anilines is 1. The Bertz CT molecular complexity index is 679. The maximum atomic E-state index is 13.5. The molecule has 3 heterocycles. The molecule has 8 nitrogen and oxygen atoms in total. The van der Waals surface area contributed by atoms with Crippen LogP contribution in [-0.2, 0) is 14.2 Å². The molecule has 1 aliphatic heterocycles. The summed E-state index contributed by atoms with van der Waals surface area (Å²) in [5.74, 6) is 0.00503. The van der Waals surface area contributed by atoms with Gasteiger partial charge in [0.05, 0.1) is 19.0 Å². The lowest BCUT2D eigenvalue weighted by molar-refractivity contribution is -0.0600. The fourth-order valence-corrected chi connectivity index (χ4v) is 2.96. The highest BCUT2D eigenvalue weighted by atomic mass is 19.1. The van der Waals surface area contributed by atoms with Crippen LogP contribution in [0.1, 0.15) is 13.2 Å². The van der Waals surface area contributed by atoms with Gasteiger partial charge >= 0.3 is 6.08 Å². The largest absolute Gasteiger partial charge is 0.382 e. The number of rotatable bonds is 4. The van der Waals surface area contributed by atoms with Gasteiger partial charge in [-0.1, -0.05) is 6.92 Å². The molecule has 22 heavy (non-hydrogen) atoms. The number of halogens is 1. The molecule has 0 spiro atoms. The Morgan fingerprint density at radius 3 is 2.86 bits per heavy atom. The molecular formula is C13H18FN5O3. The number of ether oxygens (including phenoxy) is 3. The van der Waals surface area contributed by atoms with Crippen LogP contribution >= 0.6 is 0 Å². The van der Waals surface area contributed by atoms with Crippen LogP contribution in [0.4, 0.5) is 10.2 Å². The number of aromatic nitrogens is 4. The lowest BCUT2D eigenvalue weighted by atomic mass is 10.0. The third-order valence-electron chi connectivity index (χ3n) is 3.95. The van der Waals surface area contributed by atoms with E-state index in [-0.39, 0.29) is 23.9 Å². The Kier molecular flexibility index (Phi) is 3.94. The summed E-state index contributed by atoms with van der Waals surface area (Å²) in [5.41, 5.74) is 6.33. The van der Waals surface area contributed by atoms with E-state index in [1.54, 1.807) is 18.8 Å². The van der Waals surface area contributed by atoms with E-state index in [2.05, 4.69) is 15.0 Å². The number of nitrogens with two attached hydrogens (primary N) is 1. The Morgan fingerprint density at radius 2 is 2.18 bits per heavy atom. The fourth-order valence-electron chi connectivity index (χ4n) is 2.96. The van der Waals surface area contributed by atoms with Crippen molar-refractivity contribution >= 4 is 17.0 Å². The molecule has 0 aliphatic carbocycles. The molecule has 0 radical (unpaired) electrons. The average molecular weight is 311 g/mol. The monoisotopic (exact) mass is 311 g/mol. The average Bonchev–Trinajstić information content (AvgIpc) is 3.01. The molecule has 1 aliphatic rings. The molecule has 0 aromatic carbocycles. The fraction of sp³-hybridized carbons (Fsp3) is 0.615. The third-order valence-corrected chi connectivity index (χ3v) is 3.95. The summed E-state index contributed by atoms with van der Waals surface area (Å²) in [5, 5.41) is 0. The van der Waals surface area contributed by atoms with Gasteiger partial charge in [-0.3, -0.25) is 4.57 Å². The zero-order valence-electron chi connectivity index (χ0n) is 12.6. The maximum absolute atomic E-state index is 13.5. The summed E-state index contributed by atoms with van der Waals surface area (Å²) >= 11 is 0. The molecule has 0 saturated carbocycles. The minimum absolute atomic E-state index is 0.00167. The van der Waals surface area contributed by atoms with Gasteiger partial charge in [0.2, 0.25) is 0 Å². The van der Waals surface area contributed by atoms with Gasteiger partial charge in [-0.05, 0) is 0 Å². The molecule has 0 bridgehead atoms. The summed E-state index contributed by atoms with van der Waals surface area (Å²) in [6.07, 6.45) is -0.140. The first-order valence-corrected chi connectivity index (χ1v) is 6.89. The van der Waals surface area contributed by atoms with Crippen molar-refractivity contribution in [2.75, 3.05) is 26.6 Å². The number of nitrogens with zero attached hydrogens (tertiary/aromatic N) is 4. The first kappa shape index (κ1) is 15.1. The SMILES string of the molecule is COC[C@H]1O[C@@H](n2cnc3c(N)nc(F)nc32)[C@@H](C)C1OC. The molecule has 3 rings (SSSR count). The molecule has 120 valence electrons. The van der Waals surface area contributed by atoms with Crippen molar-refractivity contribution in [1.29, 1.82) is 0 Å². The second-order valence-electron chi connectivity index (χ2n) is 5.28. The number of nitrogen functional groups attached to an aromatic ring is 1. The summed E-state index contributed by atoms with van der Waals surface area (Å²) in [7, 11) is 3.23. The number of imidazole rings is 1. The van der Waals surface area contributed by atoms with Gasteiger partial charge in [-0.2, -0.15) is 14.4 Å². The van der Waals surface area contributed by atoms with Gasteiger partial charge in [0.15, 0.2) is 17.0 Å². The third kappa shape index (κ3) is 2.31. The zero-order valence-corrected chi connectivity index (χ0v) is 12.6. The van der Waals surface area contributed by atoms with Crippen molar-refractivity contribution in [3.8, 4) is 0 Å². The Balaban J connectivity index is 2.01. The summed E-state index contributed by atoms with van der Waals surface area (Å²) in [6.45, 7) is 2.39. The van der Waals surface area contributed by atoms with Crippen LogP contribution in [-0.4, -0.2) is 52.6 Å². The second kappa shape index (κ2) is 5.75. The number of hydrogen-bond donors (Lipinski definition) is 1. The Morgan fingerprint density at radius 1 is 1.41 bits per heavy atom. The highest BCUT2D eigenvalue weighted by molar-refractivity contribution is 5.81. The van der Waals surface area contributed by atoms with Crippen LogP contribution in [0.25, 0.3) is 11.2 Å². The van der Waals surface area contributed by atoms with Gasteiger partial charge in [-0.15, -0.1) is 0 Å². The van der Waals surface area contributed by atoms with E-state index in [4.69, 9.17) is 19.9 Å². The standard InChI is InChI=1S/C13H18FN5O3/c1-6-9(21-3)7(4-20-2)22-12(6)19-5-16-8-10(15)17-13(14)18-11(8)19/h5-7,9,12H,4H2,1-3H3,(H2,15,17,18)/t6-,7+,9?,12+/m0/s1. The van der Waals surface area contributed by atoms with E-state index in [1.165, 1.54) is 6.33 Å². The van der Waals surface area contributed by atoms with E-state index in [0.29, 0.717) is 17.8 Å². The molecule has 2 aromatic rings. The van der Waals surface area contributed by atoms with Crippen molar-refractivity contribution in [3.63, 3.8) is 0 Å². The van der Waals surface area contributed by atoms with E-state index < -0.39 is 12.3 Å². The smallest absolute Gasteiger partial charge is 0.312 e. The molecule has 4 atom stereocenters. The van der Waals surface area contributed by atoms with Crippen molar-refractivity contribution in [2.24, 2.45) is 5.92 Å². The highest BCUT2D eigenvalue weighted by Gasteiger charge is 2.43. The van der Waals surface area contributed by atoms with Gasteiger partial charge in [0.1, 0.15) is 12.3 Å². The van der Waals surface area contributed by atoms with Crippen LogP contribution < -0.4 is 5.73 Å². The van der Waals surface area contributed by atoms with Crippen LogP contribution in [0.2, 0.25) is 0 Å². The predicted molar refractivity (Wildman–Crippen MR) is 75.4 cm³/mol. The Labute approximate surface area is 126 Å². The van der Waals surface area contributed by atoms with Crippen LogP contribution in [0.3, 0.4) is 0 Å². The van der Waals surface area contributed by atoms with Crippen LogP contribution in [0.15, 0.2) is 6.33 Å². The number of hydrogen-bond acceptors (Lipinski definition) is 7. The highest BCUT2D eigenvalue weighted by Crippen LogP contribution is 2.37. The summed E-state index contributed by atoms with van der Waals surface area (Å²) < 4.78 is 31.8. The maximum Gasteiger partial charge on any atom is 0.312 e. The molecule has 1 fully saturated rings. The molecule has 1 unspecified atom stereocenters. The summed E-state index contributed by atoms with van der Waals surface area (Å²) in [4.78, 5) is 11.4.